The quantitative estimate of drug-likeness (QED) is 0.903. The van der Waals surface area contributed by atoms with E-state index >= 15 is 0 Å². The Bertz CT molecular complexity index is 588. The van der Waals surface area contributed by atoms with Gasteiger partial charge in [0.15, 0.2) is 0 Å². The molecule has 1 fully saturated rings. The molecule has 1 aliphatic carbocycles. The first kappa shape index (κ1) is 14.8. The van der Waals surface area contributed by atoms with Crippen LogP contribution >= 0.6 is 0 Å². The van der Waals surface area contributed by atoms with Crippen LogP contribution in [0.4, 0.5) is 0 Å². The van der Waals surface area contributed by atoms with Gasteiger partial charge in [0.1, 0.15) is 0 Å². The number of pyridine rings is 1. The molecule has 0 aliphatic heterocycles. The largest absolute Gasteiger partial charge is 0.478 e. The predicted molar refractivity (Wildman–Crippen MR) is 78.4 cm³/mol. The van der Waals surface area contributed by atoms with Crippen LogP contribution in [0.15, 0.2) is 10.9 Å². The van der Waals surface area contributed by atoms with E-state index in [-0.39, 0.29) is 17.2 Å². The van der Waals surface area contributed by atoms with Crippen LogP contribution in [0.3, 0.4) is 0 Å². The van der Waals surface area contributed by atoms with Gasteiger partial charge in [0.25, 0.3) is 5.56 Å². The molecule has 20 heavy (non-hydrogen) atoms. The zero-order valence-corrected chi connectivity index (χ0v) is 12.6. The number of hydrogen-bond donors (Lipinski definition) is 1. The van der Waals surface area contributed by atoms with Gasteiger partial charge in [0, 0.05) is 17.8 Å². The van der Waals surface area contributed by atoms with E-state index in [0.717, 1.165) is 12.8 Å². The maximum absolute atomic E-state index is 12.4. The fourth-order valence-corrected chi connectivity index (χ4v) is 3.55. The normalized spacial score (nSPS) is 26.5. The van der Waals surface area contributed by atoms with Gasteiger partial charge in [0.2, 0.25) is 0 Å². The van der Waals surface area contributed by atoms with Crippen LogP contribution in [0.2, 0.25) is 0 Å². The number of nitrogens with zero attached hydrogens (tertiary/aromatic N) is 1. The number of aryl methyl sites for hydroxylation is 1. The Hall–Kier alpha value is -1.58. The van der Waals surface area contributed by atoms with Crippen LogP contribution in [0.5, 0.6) is 0 Å². The minimum Gasteiger partial charge on any atom is -0.478 e. The third-order valence-electron chi connectivity index (χ3n) is 4.90. The predicted octanol–water partition coefficient (Wildman–Crippen LogP) is 3.16. The summed E-state index contributed by atoms with van der Waals surface area (Å²) in [5.41, 5.74) is 1.34. The van der Waals surface area contributed by atoms with E-state index in [1.807, 2.05) is 0 Å². The molecule has 0 aromatic carbocycles. The van der Waals surface area contributed by atoms with Crippen LogP contribution in [-0.4, -0.2) is 15.6 Å². The molecule has 1 aromatic heterocycles. The lowest BCUT2D eigenvalue weighted by Crippen LogP contribution is -2.36. The number of rotatable bonds is 2. The van der Waals surface area contributed by atoms with Gasteiger partial charge in [-0.25, -0.2) is 4.79 Å². The average molecular weight is 277 g/mol. The first-order chi connectivity index (χ1) is 9.34. The van der Waals surface area contributed by atoms with Crippen LogP contribution in [0, 0.1) is 25.7 Å². The Morgan fingerprint density at radius 2 is 1.95 bits per heavy atom. The van der Waals surface area contributed by atoms with Crippen molar-refractivity contribution in [3.8, 4) is 0 Å². The van der Waals surface area contributed by atoms with Crippen LogP contribution in [0.1, 0.15) is 60.8 Å². The van der Waals surface area contributed by atoms with Crippen molar-refractivity contribution in [3.05, 3.63) is 33.2 Å². The van der Waals surface area contributed by atoms with Crippen molar-refractivity contribution in [2.45, 2.75) is 53.0 Å². The second-order valence-electron chi connectivity index (χ2n) is 6.14. The van der Waals surface area contributed by atoms with E-state index in [4.69, 9.17) is 0 Å². The summed E-state index contributed by atoms with van der Waals surface area (Å²) in [5, 5.41) is 9.36. The number of hydrogen-bond acceptors (Lipinski definition) is 2. The highest BCUT2D eigenvalue weighted by molar-refractivity contribution is 5.90. The lowest BCUT2D eigenvalue weighted by molar-refractivity contribution is 0.0693. The molecule has 0 spiro atoms. The van der Waals surface area contributed by atoms with Crippen molar-refractivity contribution in [3.63, 3.8) is 0 Å². The molecule has 1 N–H and O–H groups in total. The van der Waals surface area contributed by atoms with Gasteiger partial charge in [0.05, 0.1) is 5.56 Å². The van der Waals surface area contributed by atoms with Crippen LogP contribution < -0.4 is 5.56 Å². The van der Waals surface area contributed by atoms with E-state index in [2.05, 4.69) is 13.8 Å². The monoisotopic (exact) mass is 277 g/mol. The second kappa shape index (κ2) is 5.43. The Morgan fingerprint density at radius 1 is 1.30 bits per heavy atom. The number of aromatic nitrogens is 1. The second-order valence-corrected chi connectivity index (χ2v) is 6.14. The lowest BCUT2D eigenvalue weighted by atomic mass is 9.77. The fourth-order valence-electron chi connectivity index (χ4n) is 3.55. The summed E-state index contributed by atoms with van der Waals surface area (Å²) in [5.74, 6) is 0.00407. The minimum absolute atomic E-state index is 0.0732. The summed E-state index contributed by atoms with van der Waals surface area (Å²) in [6.07, 6.45) is 3.23. The Morgan fingerprint density at radius 3 is 2.55 bits per heavy atom. The molecule has 1 aromatic rings. The first-order valence-electron chi connectivity index (χ1n) is 7.30. The number of carbonyl (C=O) groups is 1. The Kier molecular flexibility index (Phi) is 4.02. The Balaban J connectivity index is 2.59. The van der Waals surface area contributed by atoms with E-state index in [1.165, 1.54) is 12.5 Å². The molecule has 1 aliphatic rings. The summed E-state index contributed by atoms with van der Waals surface area (Å²) in [6.45, 7) is 7.82. The SMILES string of the molecule is Cc1cc(=O)n(C2CCCC(C)C2C)c(C)c1C(=O)O. The summed E-state index contributed by atoms with van der Waals surface area (Å²) in [7, 11) is 0. The molecule has 1 heterocycles. The minimum atomic E-state index is -0.953. The third-order valence-corrected chi connectivity index (χ3v) is 4.90. The molecule has 2 rings (SSSR count). The van der Waals surface area contributed by atoms with Crippen molar-refractivity contribution >= 4 is 5.97 Å². The molecule has 4 nitrogen and oxygen atoms in total. The maximum Gasteiger partial charge on any atom is 0.337 e. The van der Waals surface area contributed by atoms with Gasteiger partial charge in [-0.1, -0.05) is 26.7 Å². The van der Waals surface area contributed by atoms with Gasteiger partial charge >= 0.3 is 5.97 Å². The third kappa shape index (κ3) is 2.39. The van der Waals surface area contributed by atoms with E-state index < -0.39 is 5.97 Å². The number of aromatic carboxylic acids is 1. The lowest BCUT2D eigenvalue weighted by Gasteiger charge is -2.36. The van der Waals surface area contributed by atoms with Crippen molar-refractivity contribution in [1.29, 1.82) is 0 Å². The average Bonchev–Trinajstić information content (AvgIpc) is 2.33. The van der Waals surface area contributed by atoms with Crippen molar-refractivity contribution in [1.82, 2.24) is 4.57 Å². The van der Waals surface area contributed by atoms with Crippen molar-refractivity contribution < 1.29 is 9.90 Å². The van der Waals surface area contributed by atoms with E-state index in [0.29, 0.717) is 23.1 Å². The standard InChI is InChI=1S/C16H23NO3/c1-9-6-5-7-13(11(9)3)17-12(4)15(16(19)20)10(2)8-14(17)18/h8-9,11,13H,5-7H2,1-4H3,(H,19,20). The number of carboxylic acids is 1. The number of carboxylic acid groups (broad SMARTS) is 1. The molecule has 4 heteroatoms. The molecular weight excluding hydrogens is 254 g/mol. The molecule has 0 amide bonds. The topological polar surface area (TPSA) is 59.3 Å². The van der Waals surface area contributed by atoms with Gasteiger partial charge in [-0.2, -0.15) is 0 Å². The summed E-state index contributed by atoms with van der Waals surface area (Å²) in [4.78, 5) is 23.8. The summed E-state index contributed by atoms with van der Waals surface area (Å²) in [6, 6.07) is 1.58. The molecule has 3 atom stereocenters. The molecule has 1 saturated carbocycles. The molecule has 3 unspecified atom stereocenters. The van der Waals surface area contributed by atoms with Crippen LogP contribution in [-0.2, 0) is 0 Å². The Labute approximate surface area is 119 Å². The van der Waals surface area contributed by atoms with Gasteiger partial charge < -0.3 is 9.67 Å². The highest BCUT2D eigenvalue weighted by Crippen LogP contribution is 2.37. The zero-order chi connectivity index (χ0) is 15.0. The smallest absolute Gasteiger partial charge is 0.337 e. The van der Waals surface area contributed by atoms with E-state index in [1.54, 1.807) is 18.4 Å². The molecular formula is C16H23NO3. The molecule has 0 saturated heterocycles. The first-order valence-corrected chi connectivity index (χ1v) is 7.30. The van der Waals surface area contributed by atoms with Crippen molar-refractivity contribution in [2.24, 2.45) is 11.8 Å². The van der Waals surface area contributed by atoms with Crippen molar-refractivity contribution in [2.75, 3.05) is 0 Å². The zero-order valence-electron chi connectivity index (χ0n) is 12.6. The highest BCUT2D eigenvalue weighted by atomic mass is 16.4. The fraction of sp³-hybridized carbons (Fsp3) is 0.625. The highest BCUT2D eigenvalue weighted by Gasteiger charge is 2.31. The molecule has 0 radical (unpaired) electrons. The van der Waals surface area contributed by atoms with E-state index in [9.17, 15) is 14.7 Å². The van der Waals surface area contributed by atoms with Gasteiger partial charge in [-0.05, 0) is 37.7 Å². The molecule has 0 bridgehead atoms. The van der Waals surface area contributed by atoms with Gasteiger partial charge in [-0.3, -0.25) is 4.79 Å². The van der Waals surface area contributed by atoms with Crippen LogP contribution in [0.25, 0.3) is 0 Å². The summed E-state index contributed by atoms with van der Waals surface area (Å²) >= 11 is 0. The maximum atomic E-state index is 12.4. The van der Waals surface area contributed by atoms with Gasteiger partial charge in [-0.15, -0.1) is 0 Å². The summed E-state index contributed by atoms with van der Waals surface area (Å²) < 4.78 is 1.72. The molecule has 110 valence electrons.